The lowest BCUT2D eigenvalue weighted by molar-refractivity contribution is 0.0873. The van der Waals surface area contributed by atoms with E-state index in [0.29, 0.717) is 49.7 Å². The Bertz CT molecular complexity index is 1820. The third-order valence-electron chi connectivity index (χ3n) is 7.16. The topological polar surface area (TPSA) is 186 Å². The average Bonchev–Trinajstić information content (AvgIpc) is 3.71. The van der Waals surface area contributed by atoms with Crippen molar-refractivity contribution in [3.8, 4) is 46.1 Å². The Hall–Kier alpha value is -5.64. The second-order valence-corrected chi connectivity index (χ2v) is 10.3. The predicted molar refractivity (Wildman–Crippen MR) is 155 cm³/mol. The summed E-state index contributed by atoms with van der Waals surface area (Å²) in [6, 6.07) is 10.6. The summed E-state index contributed by atoms with van der Waals surface area (Å²) in [6.45, 7) is 1.63. The number of aromatic amines is 1. The molecule has 0 amide bonds. The van der Waals surface area contributed by atoms with Crippen LogP contribution in [0.3, 0.4) is 0 Å². The van der Waals surface area contributed by atoms with Crippen molar-refractivity contribution in [2.45, 2.75) is 25.5 Å². The summed E-state index contributed by atoms with van der Waals surface area (Å²) in [4.78, 5) is 10.4. The summed E-state index contributed by atoms with van der Waals surface area (Å²) >= 11 is 0. The van der Waals surface area contributed by atoms with E-state index < -0.39 is 35.2 Å². The number of rotatable bonds is 10. The third-order valence-corrected chi connectivity index (χ3v) is 7.16. The van der Waals surface area contributed by atoms with E-state index in [9.17, 15) is 5.11 Å². The highest BCUT2D eigenvalue weighted by atomic mass is 19.1. The number of nitrogens with one attached hydrogen (secondary N) is 2. The number of piperidine rings is 1. The smallest absolute Gasteiger partial charge is 0.263 e. The second-order valence-electron chi connectivity index (χ2n) is 10.3. The number of nitrogens with two attached hydrogens (primary N) is 1. The molecule has 3 aromatic heterocycles. The highest BCUT2D eigenvalue weighted by Crippen LogP contribution is 2.40. The van der Waals surface area contributed by atoms with Crippen LogP contribution in [0.25, 0.3) is 11.4 Å². The van der Waals surface area contributed by atoms with Crippen molar-refractivity contribution in [2.75, 3.05) is 13.1 Å². The SMILES string of the molecule is Cn1ccnc1-c1cccc(Oc2nc(Oc3cc(C(=N)N)ccc3O)c(F)c(OC3CCN(Cc4nnn[nH]4)CC3)c2F)c1. The molecule has 0 saturated carbocycles. The van der Waals surface area contributed by atoms with Gasteiger partial charge >= 0.3 is 0 Å². The first-order valence-electron chi connectivity index (χ1n) is 13.9. The van der Waals surface area contributed by atoms with Gasteiger partial charge < -0.3 is 29.6 Å². The Morgan fingerprint density at radius 2 is 1.89 bits per heavy atom. The van der Waals surface area contributed by atoms with Crippen molar-refractivity contribution in [1.82, 2.24) is 40.1 Å². The molecule has 16 heteroatoms. The molecule has 2 aromatic carbocycles. The molecule has 0 radical (unpaired) electrons. The van der Waals surface area contributed by atoms with Gasteiger partial charge in [0.15, 0.2) is 17.3 Å². The molecule has 6 rings (SSSR count). The lowest BCUT2D eigenvalue weighted by Gasteiger charge is -2.31. The van der Waals surface area contributed by atoms with Gasteiger partial charge in [-0.3, -0.25) is 10.3 Å². The number of hydrogen-bond acceptors (Lipinski definition) is 11. The van der Waals surface area contributed by atoms with Crippen LogP contribution in [-0.2, 0) is 13.6 Å². The standard InChI is InChI=1S/C29H28F2N10O4/c1-40-12-9-34-27(40)17-3-2-4-19(13-17)44-28-23(30)25(43-18-7-10-41(11-8-18)15-22-36-38-39-37-22)24(31)29(35-28)45-21-14-16(26(32)33)5-6-20(21)42/h2-6,9,12-14,18,42H,7-8,10-11,15H2,1H3,(H3,32,33)(H,36,37,38,39). The van der Waals surface area contributed by atoms with Gasteiger partial charge in [-0.15, -0.1) is 5.10 Å². The molecule has 5 N–H and O–H groups in total. The number of nitrogens with zero attached hydrogens (tertiary/aromatic N) is 7. The van der Waals surface area contributed by atoms with Crippen LogP contribution in [0.15, 0.2) is 54.9 Å². The van der Waals surface area contributed by atoms with Gasteiger partial charge in [0.25, 0.3) is 11.8 Å². The fraction of sp³-hybridized carbons (Fsp3) is 0.241. The molecule has 1 fully saturated rings. The number of phenols is 1. The minimum absolute atomic E-state index is 0.196. The van der Waals surface area contributed by atoms with Gasteiger partial charge in [-0.25, -0.2) is 10.1 Å². The van der Waals surface area contributed by atoms with Crippen molar-refractivity contribution in [1.29, 1.82) is 5.41 Å². The van der Waals surface area contributed by atoms with Crippen molar-refractivity contribution >= 4 is 5.84 Å². The molecule has 14 nitrogen and oxygen atoms in total. The highest BCUT2D eigenvalue weighted by Gasteiger charge is 2.30. The van der Waals surface area contributed by atoms with Crippen LogP contribution in [0.2, 0.25) is 0 Å². The van der Waals surface area contributed by atoms with Crippen LogP contribution in [0.5, 0.6) is 34.8 Å². The van der Waals surface area contributed by atoms with Crippen LogP contribution < -0.4 is 19.9 Å². The van der Waals surface area contributed by atoms with Crippen molar-refractivity contribution in [3.63, 3.8) is 0 Å². The van der Waals surface area contributed by atoms with Crippen LogP contribution in [0.4, 0.5) is 8.78 Å². The zero-order valence-electron chi connectivity index (χ0n) is 23.9. The van der Waals surface area contributed by atoms with Gasteiger partial charge in [0.2, 0.25) is 17.4 Å². The molecule has 4 heterocycles. The first kappa shape index (κ1) is 29.4. The molecule has 232 valence electrons. The molecule has 45 heavy (non-hydrogen) atoms. The number of imidazole rings is 1. The minimum atomic E-state index is -1.23. The maximum atomic E-state index is 16.0. The van der Waals surface area contributed by atoms with E-state index in [-0.39, 0.29) is 28.6 Å². The van der Waals surface area contributed by atoms with E-state index in [2.05, 4.69) is 35.5 Å². The van der Waals surface area contributed by atoms with Gasteiger partial charge in [0.1, 0.15) is 23.5 Å². The number of halogens is 2. The lowest BCUT2D eigenvalue weighted by atomic mass is 10.1. The summed E-state index contributed by atoms with van der Waals surface area (Å²) in [5.74, 6) is -3.97. The number of tetrazole rings is 1. The maximum absolute atomic E-state index is 16.0. The number of amidine groups is 1. The number of aromatic hydroxyl groups is 1. The number of hydrogen-bond donors (Lipinski definition) is 4. The molecule has 0 spiro atoms. The number of ether oxygens (including phenoxy) is 3. The van der Waals surface area contributed by atoms with Crippen molar-refractivity contribution in [2.24, 2.45) is 12.8 Å². The molecule has 0 bridgehead atoms. The summed E-state index contributed by atoms with van der Waals surface area (Å²) < 4.78 is 51.0. The monoisotopic (exact) mass is 618 g/mol. The summed E-state index contributed by atoms with van der Waals surface area (Å²) in [5.41, 5.74) is 6.46. The van der Waals surface area contributed by atoms with Crippen molar-refractivity contribution < 1.29 is 28.1 Å². The molecular formula is C29H28F2N10O4. The Morgan fingerprint density at radius 3 is 2.58 bits per heavy atom. The largest absolute Gasteiger partial charge is 0.504 e. The van der Waals surface area contributed by atoms with Gasteiger partial charge in [-0.05, 0) is 53.6 Å². The molecule has 0 atom stereocenters. The first-order valence-corrected chi connectivity index (χ1v) is 13.9. The molecule has 1 saturated heterocycles. The molecule has 5 aromatic rings. The van der Waals surface area contributed by atoms with Crippen LogP contribution in [-0.4, -0.2) is 70.2 Å². The molecule has 1 aliphatic rings. The zero-order valence-corrected chi connectivity index (χ0v) is 23.9. The first-order chi connectivity index (χ1) is 21.7. The minimum Gasteiger partial charge on any atom is -0.504 e. The van der Waals surface area contributed by atoms with Gasteiger partial charge in [-0.1, -0.05) is 12.1 Å². The number of likely N-dealkylation sites (tertiary alicyclic amines) is 1. The Labute approximate surface area is 254 Å². The van der Waals surface area contributed by atoms with E-state index in [0.717, 1.165) is 0 Å². The van der Waals surface area contributed by atoms with E-state index in [1.807, 2.05) is 17.7 Å². The second kappa shape index (κ2) is 12.5. The molecule has 0 unspecified atom stereocenters. The third kappa shape index (κ3) is 6.50. The Kier molecular flexibility index (Phi) is 8.20. The van der Waals surface area contributed by atoms with Gasteiger partial charge in [0.05, 0.1) is 6.54 Å². The van der Waals surface area contributed by atoms with E-state index in [1.54, 1.807) is 30.6 Å². The predicted octanol–water partition coefficient (Wildman–Crippen LogP) is 3.89. The summed E-state index contributed by atoms with van der Waals surface area (Å²) in [6.07, 6.45) is 3.81. The zero-order chi connectivity index (χ0) is 31.5. The summed E-state index contributed by atoms with van der Waals surface area (Å²) in [5, 5.41) is 31.8. The molecule has 0 aliphatic carbocycles. The average molecular weight is 619 g/mol. The van der Waals surface area contributed by atoms with Crippen molar-refractivity contribution in [3.05, 3.63) is 77.9 Å². The number of H-pyrrole nitrogens is 1. The summed E-state index contributed by atoms with van der Waals surface area (Å²) in [7, 11) is 1.83. The number of pyridine rings is 1. The Balaban J connectivity index is 1.31. The number of aromatic nitrogens is 7. The van der Waals surface area contributed by atoms with Gasteiger partial charge in [0, 0.05) is 43.7 Å². The van der Waals surface area contributed by atoms with Crippen LogP contribution in [0, 0.1) is 17.0 Å². The van der Waals surface area contributed by atoms with Crippen LogP contribution in [0.1, 0.15) is 24.2 Å². The fourth-order valence-electron chi connectivity index (χ4n) is 4.85. The van der Waals surface area contributed by atoms with Crippen LogP contribution >= 0.6 is 0 Å². The molecular weight excluding hydrogens is 590 g/mol. The van der Waals surface area contributed by atoms with E-state index in [4.69, 9.17) is 25.4 Å². The van der Waals surface area contributed by atoms with E-state index in [1.165, 1.54) is 18.2 Å². The highest BCUT2D eigenvalue weighted by molar-refractivity contribution is 5.95. The number of benzene rings is 2. The quantitative estimate of drug-likeness (QED) is 0.131. The normalized spacial score (nSPS) is 13.9. The fourth-order valence-corrected chi connectivity index (χ4v) is 4.85. The lowest BCUT2D eigenvalue weighted by Crippen LogP contribution is -2.38. The van der Waals surface area contributed by atoms with Gasteiger partial charge in [-0.2, -0.15) is 13.8 Å². The number of aryl methyl sites for hydroxylation is 1. The van der Waals surface area contributed by atoms with E-state index >= 15 is 8.78 Å². The Morgan fingerprint density at radius 1 is 1.11 bits per heavy atom. The maximum Gasteiger partial charge on any atom is 0.263 e. The number of nitrogen functional groups attached to an aromatic ring is 1. The number of phenolic OH excluding ortho intramolecular Hbond substituents is 1. The molecule has 1 aliphatic heterocycles.